The van der Waals surface area contributed by atoms with Crippen LogP contribution in [0.5, 0.6) is 0 Å². The molecule has 4 fully saturated rings. The number of benzene rings is 2. The lowest BCUT2D eigenvalue weighted by atomic mass is 9.69. The second-order valence-electron chi connectivity index (χ2n) is 14.0. The van der Waals surface area contributed by atoms with Crippen LogP contribution in [0.15, 0.2) is 48.5 Å². The fraction of sp³-hybridized carbons (Fsp3) is 0.611. The summed E-state index contributed by atoms with van der Waals surface area (Å²) in [7, 11) is 0. The number of hydrogen-bond acceptors (Lipinski definition) is 4. The summed E-state index contributed by atoms with van der Waals surface area (Å²) in [6.07, 6.45) is 13.1. The SMILES string of the molecule is Cc1nc2ccccc2n1C1C[C@H]2CC[C@@H](C1)N2CCC1(c2cccc(F)c2)CCN(C(C(=O)O)C2CCCCC2)CC1. The Balaban J connectivity index is 1.07. The number of aromatic nitrogens is 2. The summed E-state index contributed by atoms with van der Waals surface area (Å²) in [5, 5.41) is 10.3. The van der Waals surface area contributed by atoms with Gasteiger partial charge in [0.25, 0.3) is 0 Å². The van der Waals surface area contributed by atoms with Crippen molar-refractivity contribution in [3.8, 4) is 0 Å². The molecular weight excluding hydrogens is 539 g/mol. The Bertz CT molecular complexity index is 1430. The molecule has 0 spiro atoms. The van der Waals surface area contributed by atoms with E-state index in [1.54, 1.807) is 12.1 Å². The Morgan fingerprint density at radius 2 is 1.70 bits per heavy atom. The highest BCUT2D eigenvalue weighted by molar-refractivity contribution is 5.76. The van der Waals surface area contributed by atoms with Crippen molar-refractivity contribution in [1.82, 2.24) is 19.4 Å². The normalized spacial score (nSPS) is 27.4. The Kier molecular flexibility index (Phi) is 8.06. The zero-order chi connectivity index (χ0) is 29.6. The summed E-state index contributed by atoms with van der Waals surface area (Å²) in [5.74, 6) is 0.532. The van der Waals surface area contributed by atoms with E-state index < -0.39 is 5.97 Å². The van der Waals surface area contributed by atoms with Crippen molar-refractivity contribution in [1.29, 1.82) is 0 Å². The Hall–Kier alpha value is -2.77. The van der Waals surface area contributed by atoms with E-state index in [0.717, 1.165) is 94.3 Å². The van der Waals surface area contributed by atoms with Gasteiger partial charge in [-0.1, -0.05) is 43.5 Å². The highest BCUT2D eigenvalue weighted by atomic mass is 19.1. The maximum Gasteiger partial charge on any atom is 0.321 e. The fourth-order valence-electron chi connectivity index (χ4n) is 9.63. The van der Waals surface area contributed by atoms with E-state index in [9.17, 15) is 14.3 Å². The van der Waals surface area contributed by atoms with Crippen molar-refractivity contribution >= 4 is 17.0 Å². The maximum atomic E-state index is 14.6. The molecule has 3 saturated heterocycles. The maximum absolute atomic E-state index is 14.6. The van der Waals surface area contributed by atoms with Gasteiger partial charge in [0.05, 0.1) is 11.0 Å². The van der Waals surface area contributed by atoms with Crippen LogP contribution in [0.2, 0.25) is 0 Å². The van der Waals surface area contributed by atoms with Crippen LogP contribution in [0.3, 0.4) is 0 Å². The molecule has 2 bridgehead atoms. The van der Waals surface area contributed by atoms with E-state index in [0.29, 0.717) is 18.1 Å². The second-order valence-corrected chi connectivity index (χ2v) is 14.0. The van der Waals surface area contributed by atoms with E-state index in [4.69, 9.17) is 4.98 Å². The van der Waals surface area contributed by atoms with Crippen molar-refractivity contribution in [2.75, 3.05) is 19.6 Å². The first-order valence-corrected chi connectivity index (χ1v) is 16.8. The first kappa shape index (κ1) is 29.0. The van der Waals surface area contributed by atoms with Gasteiger partial charge in [0, 0.05) is 18.1 Å². The van der Waals surface area contributed by atoms with Crippen molar-refractivity contribution in [2.24, 2.45) is 5.92 Å². The number of carbonyl (C=O) groups is 1. The summed E-state index contributed by atoms with van der Waals surface area (Å²) < 4.78 is 17.1. The number of fused-ring (bicyclic) bond motifs is 3. The van der Waals surface area contributed by atoms with E-state index in [1.807, 2.05) is 6.07 Å². The third-order valence-electron chi connectivity index (χ3n) is 11.8. The van der Waals surface area contributed by atoms with Crippen LogP contribution >= 0.6 is 0 Å². The molecule has 3 aliphatic heterocycles. The molecule has 2 unspecified atom stereocenters. The molecule has 0 radical (unpaired) electrons. The molecule has 1 N–H and O–H groups in total. The molecule has 3 aromatic rings. The first-order chi connectivity index (χ1) is 20.9. The average Bonchev–Trinajstić information content (AvgIpc) is 3.47. The number of carboxylic acids is 1. The van der Waals surface area contributed by atoms with Gasteiger partial charge in [-0.3, -0.25) is 14.6 Å². The van der Waals surface area contributed by atoms with Crippen LogP contribution in [0, 0.1) is 18.7 Å². The van der Waals surface area contributed by atoms with Crippen LogP contribution in [0.1, 0.15) is 94.5 Å². The van der Waals surface area contributed by atoms with Gasteiger partial charge < -0.3 is 9.67 Å². The van der Waals surface area contributed by atoms with Crippen molar-refractivity contribution in [3.05, 3.63) is 65.7 Å². The van der Waals surface area contributed by atoms with Crippen molar-refractivity contribution in [3.63, 3.8) is 0 Å². The standard InChI is InChI=1S/C36H47FN4O2/c1-25-38-32-12-5-6-13-33(32)41(25)31-23-29-14-15-30(24-31)40(29)21-18-36(27-10-7-11-28(37)22-27)16-19-39(20-17-36)34(35(42)43)26-8-3-2-4-9-26/h5-7,10-13,22,26,29-31,34H,2-4,8-9,14-21,23-24H2,1H3,(H,42,43)/t29-,30+,31?,34?. The fourth-order valence-corrected chi connectivity index (χ4v) is 9.63. The lowest BCUT2D eigenvalue weighted by Gasteiger charge is -2.47. The molecule has 1 saturated carbocycles. The monoisotopic (exact) mass is 586 g/mol. The topological polar surface area (TPSA) is 61.6 Å². The summed E-state index contributed by atoms with van der Waals surface area (Å²) in [6, 6.07) is 17.0. The Morgan fingerprint density at radius 1 is 0.977 bits per heavy atom. The number of likely N-dealkylation sites (tertiary alicyclic amines) is 1. The summed E-state index contributed by atoms with van der Waals surface area (Å²) in [4.78, 5) is 22.4. The minimum Gasteiger partial charge on any atom is -0.480 e. The Labute approximate surface area is 255 Å². The van der Waals surface area contributed by atoms with Gasteiger partial charge in [-0.05, 0) is 126 Å². The highest BCUT2D eigenvalue weighted by Gasteiger charge is 2.45. The van der Waals surface area contributed by atoms with Crippen LogP contribution in [0.25, 0.3) is 11.0 Å². The number of carboxylic acid groups (broad SMARTS) is 1. The van der Waals surface area contributed by atoms with E-state index in [-0.39, 0.29) is 23.2 Å². The third-order valence-corrected chi connectivity index (χ3v) is 11.8. The largest absolute Gasteiger partial charge is 0.480 e. The van der Waals surface area contributed by atoms with Gasteiger partial charge in [-0.25, -0.2) is 9.37 Å². The molecule has 4 aliphatic rings. The molecule has 4 heterocycles. The molecule has 6 nitrogen and oxygen atoms in total. The summed E-state index contributed by atoms with van der Waals surface area (Å²) in [6.45, 7) is 4.71. The number of aliphatic carboxylic acids is 1. The smallest absolute Gasteiger partial charge is 0.321 e. The van der Waals surface area contributed by atoms with Crippen LogP contribution < -0.4 is 0 Å². The van der Waals surface area contributed by atoms with Crippen molar-refractivity contribution < 1.29 is 14.3 Å². The molecular formula is C36H47FN4O2. The molecule has 2 aromatic carbocycles. The van der Waals surface area contributed by atoms with E-state index in [1.165, 1.54) is 24.8 Å². The minimum atomic E-state index is -0.662. The number of rotatable bonds is 8. The third kappa shape index (κ3) is 5.52. The summed E-state index contributed by atoms with van der Waals surface area (Å²) >= 11 is 0. The van der Waals surface area contributed by atoms with Crippen molar-refractivity contribution in [2.45, 2.75) is 114 Å². The molecule has 7 rings (SSSR count). The van der Waals surface area contributed by atoms with Crippen LogP contribution in [0.4, 0.5) is 4.39 Å². The highest BCUT2D eigenvalue weighted by Crippen LogP contribution is 2.45. The second kappa shape index (κ2) is 12.0. The van der Waals surface area contributed by atoms with Gasteiger partial charge >= 0.3 is 5.97 Å². The number of para-hydroxylation sites is 2. The molecule has 1 aromatic heterocycles. The lowest BCUT2D eigenvalue weighted by Crippen LogP contribution is -2.53. The van der Waals surface area contributed by atoms with Gasteiger partial charge in [0.1, 0.15) is 17.7 Å². The number of hydrogen-bond donors (Lipinski definition) is 1. The molecule has 4 atom stereocenters. The van der Waals surface area contributed by atoms with Gasteiger partial charge in [-0.15, -0.1) is 0 Å². The molecule has 7 heteroatoms. The number of nitrogens with zero attached hydrogens (tertiary/aromatic N) is 4. The number of halogens is 1. The molecule has 230 valence electrons. The van der Waals surface area contributed by atoms with E-state index >= 15 is 0 Å². The van der Waals surface area contributed by atoms with Crippen LogP contribution in [-0.2, 0) is 10.2 Å². The lowest BCUT2D eigenvalue weighted by molar-refractivity contribution is -0.147. The predicted molar refractivity (Wildman–Crippen MR) is 168 cm³/mol. The quantitative estimate of drug-likeness (QED) is 0.305. The molecule has 1 aliphatic carbocycles. The Morgan fingerprint density at radius 3 is 2.40 bits per heavy atom. The molecule has 43 heavy (non-hydrogen) atoms. The number of piperidine rings is 2. The first-order valence-electron chi connectivity index (χ1n) is 16.8. The zero-order valence-electron chi connectivity index (χ0n) is 25.6. The predicted octanol–water partition coefficient (Wildman–Crippen LogP) is 7.11. The van der Waals surface area contributed by atoms with Gasteiger partial charge in [0.15, 0.2) is 0 Å². The van der Waals surface area contributed by atoms with E-state index in [2.05, 4.69) is 51.6 Å². The average molecular weight is 587 g/mol. The van der Waals surface area contributed by atoms with Gasteiger partial charge in [-0.2, -0.15) is 0 Å². The number of imidazole rings is 1. The summed E-state index contributed by atoms with van der Waals surface area (Å²) in [5.41, 5.74) is 3.32. The number of aryl methyl sites for hydroxylation is 1. The zero-order valence-corrected chi connectivity index (χ0v) is 25.6. The minimum absolute atomic E-state index is 0.123. The van der Waals surface area contributed by atoms with Gasteiger partial charge in [0.2, 0.25) is 0 Å². The van der Waals surface area contributed by atoms with Crippen LogP contribution in [-0.4, -0.2) is 68.2 Å². The molecule has 0 amide bonds.